The molecule has 1 aromatic carbocycles. The van der Waals surface area contributed by atoms with Gasteiger partial charge in [0.2, 0.25) is 0 Å². The van der Waals surface area contributed by atoms with Gasteiger partial charge < -0.3 is 9.47 Å². The van der Waals surface area contributed by atoms with Gasteiger partial charge in [0.15, 0.2) is 0 Å². The first-order valence-electron chi connectivity index (χ1n) is 5.87. The molecule has 0 fully saturated rings. The Hall–Kier alpha value is -0.810. The highest BCUT2D eigenvalue weighted by Gasteiger charge is 2.18. The lowest BCUT2D eigenvalue weighted by molar-refractivity contribution is 0.559. The van der Waals surface area contributed by atoms with Crippen LogP contribution in [0, 0.1) is 0 Å². The van der Waals surface area contributed by atoms with Gasteiger partial charge in [0.05, 0.1) is 6.54 Å². The fourth-order valence-corrected chi connectivity index (χ4v) is 3.21. The number of rotatable bonds is 2. The van der Waals surface area contributed by atoms with Crippen LogP contribution in [-0.2, 0) is 18.4 Å². The van der Waals surface area contributed by atoms with Crippen LogP contribution in [0.4, 0.5) is 5.69 Å². The van der Waals surface area contributed by atoms with Crippen LogP contribution in [0.2, 0.25) is 0 Å². The zero-order chi connectivity index (χ0) is 12.5. The minimum absolute atomic E-state index is 0.868. The van der Waals surface area contributed by atoms with Crippen molar-refractivity contribution in [3.8, 4) is 0 Å². The fourth-order valence-electron chi connectivity index (χ4n) is 2.35. The maximum absolute atomic E-state index is 4.41. The normalized spacial score (nSPS) is 14.7. The van der Waals surface area contributed by atoms with Crippen molar-refractivity contribution in [3.05, 3.63) is 46.5 Å². The summed E-state index contributed by atoms with van der Waals surface area (Å²) in [5.41, 5.74) is 2.61. The summed E-state index contributed by atoms with van der Waals surface area (Å²) in [5, 5.41) is 0.868. The molecule has 0 unspecified atom stereocenters. The third-order valence-corrected chi connectivity index (χ3v) is 4.37. The van der Waals surface area contributed by atoms with Gasteiger partial charge in [0.1, 0.15) is 5.82 Å². The van der Waals surface area contributed by atoms with Gasteiger partial charge in [0.25, 0.3) is 0 Å². The Kier molecular flexibility index (Phi) is 3.43. The topological polar surface area (TPSA) is 21.1 Å². The molecule has 0 N–H and O–H groups in total. The summed E-state index contributed by atoms with van der Waals surface area (Å²) >= 11 is 7.09. The maximum Gasteiger partial charge on any atom is 0.128 e. The highest BCUT2D eigenvalue weighted by Crippen LogP contribution is 2.28. The molecule has 94 valence electrons. The molecule has 3 nitrogen and oxygen atoms in total. The molecule has 2 aromatic rings. The van der Waals surface area contributed by atoms with Crippen molar-refractivity contribution in [1.82, 2.24) is 9.55 Å². The molecule has 0 amide bonds. The van der Waals surface area contributed by atoms with Crippen LogP contribution in [0.1, 0.15) is 11.4 Å². The van der Waals surface area contributed by atoms with Crippen LogP contribution >= 0.6 is 31.9 Å². The highest BCUT2D eigenvalue weighted by atomic mass is 79.9. The van der Waals surface area contributed by atoms with E-state index in [9.17, 15) is 0 Å². The molecule has 0 aliphatic carbocycles. The summed E-state index contributed by atoms with van der Waals surface area (Å²) in [7, 11) is 0. The number of alkyl halides is 1. The summed E-state index contributed by atoms with van der Waals surface area (Å²) in [5.74, 6) is 1.14. The van der Waals surface area contributed by atoms with Gasteiger partial charge >= 0.3 is 0 Å². The monoisotopic (exact) mass is 369 g/mol. The number of benzene rings is 1. The second-order valence-corrected chi connectivity index (χ2v) is 5.84. The van der Waals surface area contributed by atoms with Crippen LogP contribution < -0.4 is 4.90 Å². The SMILES string of the molecule is BrCc1cc(Br)ccc1N1CCn2ccnc2C1. The van der Waals surface area contributed by atoms with Crippen LogP contribution in [0.25, 0.3) is 0 Å². The smallest absolute Gasteiger partial charge is 0.128 e. The first-order valence-corrected chi connectivity index (χ1v) is 7.79. The summed E-state index contributed by atoms with van der Waals surface area (Å²) < 4.78 is 3.35. The van der Waals surface area contributed by atoms with Gasteiger partial charge in [-0.3, -0.25) is 0 Å². The van der Waals surface area contributed by atoms with Gasteiger partial charge in [-0.1, -0.05) is 31.9 Å². The Morgan fingerprint density at radius 2 is 2.17 bits per heavy atom. The number of nitrogens with zero attached hydrogens (tertiary/aromatic N) is 3. The van der Waals surface area contributed by atoms with E-state index in [1.54, 1.807) is 0 Å². The molecule has 0 radical (unpaired) electrons. The molecule has 0 spiro atoms. The first kappa shape index (κ1) is 12.2. The maximum atomic E-state index is 4.41. The third kappa shape index (κ3) is 2.21. The Labute approximate surface area is 123 Å². The molecule has 0 atom stereocenters. The lowest BCUT2D eigenvalue weighted by Crippen LogP contribution is -2.34. The molecule has 0 saturated carbocycles. The fraction of sp³-hybridized carbons (Fsp3) is 0.308. The predicted molar refractivity (Wildman–Crippen MR) is 80.1 cm³/mol. The number of imidazole rings is 1. The molecular formula is C13H13Br2N3. The van der Waals surface area contributed by atoms with E-state index in [4.69, 9.17) is 0 Å². The summed E-state index contributed by atoms with van der Waals surface area (Å²) in [6.07, 6.45) is 3.94. The van der Waals surface area contributed by atoms with Crippen LogP contribution in [0.3, 0.4) is 0 Å². The van der Waals surface area contributed by atoms with E-state index in [2.05, 4.69) is 70.7 Å². The minimum atomic E-state index is 0.868. The lowest BCUT2D eigenvalue weighted by atomic mass is 10.1. The van der Waals surface area contributed by atoms with E-state index in [0.29, 0.717) is 0 Å². The van der Waals surface area contributed by atoms with Crippen molar-refractivity contribution >= 4 is 37.5 Å². The Morgan fingerprint density at radius 3 is 3.00 bits per heavy atom. The van der Waals surface area contributed by atoms with E-state index in [-0.39, 0.29) is 0 Å². The van der Waals surface area contributed by atoms with Crippen molar-refractivity contribution in [2.45, 2.75) is 18.4 Å². The number of aromatic nitrogens is 2. The van der Waals surface area contributed by atoms with Crippen molar-refractivity contribution < 1.29 is 0 Å². The average Bonchev–Trinajstić information content (AvgIpc) is 2.85. The molecule has 5 heteroatoms. The van der Waals surface area contributed by atoms with E-state index in [0.717, 1.165) is 35.3 Å². The van der Waals surface area contributed by atoms with E-state index < -0.39 is 0 Å². The van der Waals surface area contributed by atoms with E-state index in [1.807, 2.05) is 6.20 Å². The average molecular weight is 371 g/mol. The molecule has 0 bridgehead atoms. The number of anilines is 1. The van der Waals surface area contributed by atoms with Crippen LogP contribution in [-0.4, -0.2) is 16.1 Å². The van der Waals surface area contributed by atoms with Crippen molar-refractivity contribution in [3.63, 3.8) is 0 Å². The Morgan fingerprint density at radius 1 is 1.28 bits per heavy atom. The number of fused-ring (bicyclic) bond motifs is 1. The first-order chi connectivity index (χ1) is 8.78. The second-order valence-electron chi connectivity index (χ2n) is 4.37. The van der Waals surface area contributed by atoms with Gasteiger partial charge in [0, 0.05) is 41.0 Å². The Bertz CT molecular complexity index is 565. The van der Waals surface area contributed by atoms with Gasteiger partial charge in [-0.05, 0) is 23.8 Å². The molecule has 0 saturated heterocycles. The molecule has 18 heavy (non-hydrogen) atoms. The quantitative estimate of drug-likeness (QED) is 0.753. The van der Waals surface area contributed by atoms with Crippen LogP contribution in [0.5, 0.6) is 0 Å². The van der Waals surface area contributed by atoms with E-state index in [1.165, 1.54) is 11.3 Å². The standard InChI is InChI=1S/C13H13Br2N3/c14-8-10-7-11(15)1-2-12(10)18-6-5-17-4-3-16-13(17)9-18/h1-4,7H,5-6,8-9H2. The summed E-state index contributed by atoms with van der Waals surface area (Å²) in [4.78, 5) is 6.80. The molecule has 1 aliphatic rings. The number of hydrogen-bond donors (Lipinski definition) is 0. The Balaban J connectivity index is 1.93. The zero-order valence-electron chi connectivity index (χ0n) is 9.81. The number of halogens is 2. The summed E-state index contributed by atoms with van der Waals surface area (Å²) in [6.45, 7) is 2.92. The zero-order valence-corrected chi connectivity index (χ0v) is 13.0. The molecule has 1 aliphatic heterocycles. The predicted octanol–water partition coefficient (Wildman–Crippen LogP) is 3.56. The van der Waals surface area contributed by atoms with Gasteiger partial charge in [-0.2, -0.15) is 0 Å². The summed E-state index contributed by atoms with van der Waals surface area (Å²) in [6, 6.07) is 6.45. The third-order valence-electron chi connectivity index (χ3n) is 3.27. The van der Waals surface area contributed by atoms with E-state index >= 15 is 0 Å². The number of hydrogen-bond acceptors (Lipinski definition) is 2. The second kappa shape index (κ2) is 5.05. The van der Waals surface area contributed by atoms with Crippen molar-refractivity contribution in [1.29, 1.82) is 0 Å². The van der Waals surface area contributed by atoms with Crippen molar-refractivity contribution in [2.24, 2.45) is 0 Å². The largest absolute Gasteiger partial charge is 0.362 e. The van der Waals surface area contributed by atoms with Crippen LogP contribution in [0.15, 0.2) is 35.1 Å². The van der Waals surface area contributed by atoms with Gasteiger partial charge in [-0.25, -0.2) is 4.98 Å². The minimum Gasteiger partial charge on any atom is -0.362 e. The molecule has 1 aromatic heterocycles. The molecule has 3 rings (SSSR count). The van der Waals surface area contributed by atoms with Crippen molar-refractivity contribution in [2.75, 3.05) is 11.4 Å². The highest BCUT2D eigenvalue weighted by molar-refractivity contribution is 9.10. The molecular weight excluding hydrogens is 358 g/mol. The van der Waals surface area contributed by atoms with Gasteiger partial charge in [-0.15, -0.1) is 0 Å². The lowest BCUT2D eigenvalue weighted by Gasteiger charge is -2.31. The molecule has 2 heterocycles.